The van der Waals surface area contributed by atoms with Crippen molar-refractivity contribution >= 4 is 5.97 Å². The van der Waals surface area contributed by atoms with Crippen molar-refractivity contribution in [3.05, 3.63) is 47.5 Å². The summed E-state index contributed by atoms with van der Waals surface area (Å²) in [6.45, 7) is 1.86. The summed E-state index contributed by atoms with van der Waals surface area (Å²) >= 11 is 0. The number of carbonyl (C=O) groups is 1. The average molecular weight is 270 g/mol. The molecule has 2 aliphatic rings. The van der Waals surface area contributed by atoms with Crippen molar-refractivity contribution in [2.24, 2.45) is 5.92 Å². The van der Waals surface area contributed by atoms with Crippen LogP contribution in [0.2, 0.25) is 0 Å². The molecule has 0 saturated heterocycles. The fourth-order valence-electron chi connectivity index (χ4n) is 3.53. The Morgan fingerprint density at radius 3 is 2.60 bits per heavy atom. The second kappa shape index (κ2) is 5.43. The maximum atomic E-state index is 12.2. The van der Waals surface area contributed by atoms with Crippen LogP contribution in [0.5, 0.6) is 0 Å². The number of hydrogen-bond donors (Lipinski definition) is 0. The Bertz CT molecular complexity index is 507. The van der Waals surface area contributed by atoms with Crippen molar-refractivity contribution < 1.29 is 9.53 Å². The van der Waals surface area contributed by atoms with E-state index in [4.69, 9.17) is 4.74 Å². The zero-order chi connectivity index (χ0) is 14.0. The molecule has 0 spiro atoms. The summed E-state index contributed by atoms with van der Waals surface area (Å²) in [7, 11) is 0. The normalized spacial score (nSPS) is 28.6. The van der Waals surface area contributed by atoms with Crippen LogP contribution in [-0.4, -0.2) is 11.6 Å². The van der Waals surface area contributed by atoms with Crippen LogP contribution in [0, 0.1) is 5.92 Å². The van der Waals surface area contributed by atoms with Crippen molar-refractivity contribution in [2.45, 2.75) is 51.0 Å². The quantitative estimate of drug-likeness (QED) is 0.609. The summed E-state index contributed by atoms with van der Waals surface area (Å²) < 4.78 is 5.83. The van der Waals surface area contributed by atoms with E-state index < -0.39 is 0 Å². The minimum atomic E-state index is -0.122. The van der Waals surface area contributed by atoms with Gasteiger partial charge in [0.1, 0.15) is 5.60 Å². The van der Waals surface area contributed by atoms with Gasteiger partial charge in [-0.15, -0.1) is 0 Å². The molecule has 3 rings (SSSR count). The van der Waals surface area contributed by atoms with E-state index in [1.54, 1.807) is 0 Å². The molecule has 0 N–H and O–H groups in total. The van der Waals surface area contributed by atoms with Gasteiger partial charge in [-0.05, 0) is 56.9 Å². The molecule has 0 radical (unpaired) electrons. The summed E-state index contributed by atoms with van der Waals surface area (Å²) in [5.74, 6) is 0.680. The Kier molecular flexibility index (Phi) is 3.64. The Hall–Kier alpha value is -1.57. The van der Waals surface area contributed by atoms with Gasteiger partial charge in [-0.1, -0.05) is 36.4 Å². The lowest BCUT2D eigenvalue weighted by molar-refractivity contribution is -0.153. The molecule has 2 fully saturated rings. The SMILES string of the molecule is CC(=CCc1ccccc1)C(=O)OC12CCC(CC1)C2. The van der Waals surface area contributed by atoms with Crippen molar-refractivity contribution in [1.29, 1.82) is 0 Å². The van der Waals surface area contributed by atoms with Crippen LogP contribution in [0.1, 0.15) is 44.6 Å². The number of ether oxygens (including phenoxy) is 1. The smallest absolute Gasteiger partial charge is 0.333 e. The highest BCUT2D eigenvalue weighted by molar-refractivity contribution is 5.88. The molecule has 0 atom stereocenters. The van der Waals surface area contributed by atoms with E-state index in [1.165, 1.54) is 18.4 Å². The Labute approximate surface area is 120 Å². The monoisotopic (exact) mass is 270 g/mol. The maximum Gasteiger partial charge on any atom is 0.333 e. The van der Waals surface area contributed by atoms with Gasteiger partial charge >= 0.3 is 5.97 Å². The van der Waals surface area contributed by atoms with Crippen molar-refractivity contribution in [3.8, 4) is 0 Å². The van der Waals surface area contributed by atoms with Crippen LogP contribution in [0.25, 0.3) is 0 Å². The third-order valence-electron chi connectivity index (χ3n) is 4.80. The number of carbonyl (C=O) groups excluding carboxylic acids is 1. The summed E-state index contributed by atoms with van der Waals surface area (Å²) in [6.07, 6.45) is 8.46. The molecule has 0 aromatic heterocycles. The van der Waals surface area contributed by atoms with E-state index in [-0.39, 0.29) is 11.6 Å². The second-order valence-corrected chi connectivity index (χ2v) is 6.30. The predicted octanol–water partition coefficient (Wildman–Crippen LogP) is 4.05. The van der Waals surface area contributed by atoms with E-state index in [1.807, 2.05) is 31.2 Å². The highest BCUT2D eigenvalue weighted by Gasteiger charge is 2.47. The first-order chi connectivity index (χ1) is 9.67. The van der Waals surface area contributed by atoms with Crippen LogP contribution in [0.4, 0.5) is 0 Å². The Morgan fingerprint density at radius 2 is 2.00 bits per heavy atom. The number of benzene rings is 1. The van der Waals surface area contributed by atoms with E-state index in [0.29, 0.717) is 0 Å². The molecule has 20 heavy (non-hydrogen) atoms. The maximum absolute atomic E-state index is 12.2. The van der Waals surface area contributed by atoms with Gasteiger partial charge in [0.2, 0.25) is 0 Å². The molecule has 2 nitrogen and oxygen atoms in total. The van der Waals surface area contributed by atoms with Crippen molar-refractivity contribution in [2.75, 3.05) is 0 Å². The first kappa shape index (κ1) is 13.4. The first-order valence-corrected chi connectivity index (χ1v) is 7.61. The van der Waals surface area contributed by atoms with Gasteiger partial charge in [0.05, 0.1) is 0 Å². The van der Waals surface area contributed by atoms with E-state index >= 15 is 0 Å². The number of rotatable bonds is 4. The average Bonchev–Trinajstić information content (AvgIpc) is 3.06. The van der Waals surface area contributed by atoms with Gasteiger partial charge in [0, 0.05) is 5.57 Å². The summed E-state index contributed by atoms with van der Waals surface area (Å²) in [5.41, 5.74) is 1.84. The van der Waals surface area contributed by atoms with Crippen LogP contribution in [0.15, 0.2) is 42.0 Å². The summed E-state index contributed by atoms with van der Waals surface area (Å²) in [5, 5.41) is 0. The topological polar surface area (TPSA) is 26.3 Å². The molecule has 0 heterocycles. The van der Waals surface area contributed by atoms with Crippen LogP contribution in [-0.2, 0) is 16.0 Å². The molecule has 106 valence electrons. The highest BCUT2D eigenvalue weighted by Crippen LogP contribution is 2.50. The van der Waals surface area contributed by atoms with Crippen molar-refractivity contribution in [3.63, 3.8) is 0 Å². The van der Waals surface area contributed by atoms with E-state index in [0.717, 1.165) is 37.2 Å². The Balaban J connectivity index is 1.59. The van der Waals surface area contributed by atoms with Gasteiger partial charge < -0.3 is 4.74 Å². The largest absolute Gasteiger partial charge is 0.456 e. The zero-order valence-electron chi connectivity index (χ0n) is 12.1. The van der Waals surface area contributed by atoms with Gasteiger partial charge in [0.25, 0.3) is 0 Å². The summed E-state index contributed by atoms with van der Waals surface area (Å²) in [6, 6.07) is 10.2. The third kappa shape index (κ3) is 2.79. The second-order valence-electron chi connectivity index (χ2n) is 6.30. The number of allylic oxidation sites excluding steroid dienone is 1. The fourth-order valence-corrected chi connectivity index (χ4v) is 3.53. The van der Waals surface area contributed by atoms with E-state index in [9.17, 15) is 4.79 Å². The number of fused-ring (bicyclic) bond motifs is 2. The fraction of sp³-hybridized carbons (Fsp3) is 0.500. The standard InChI is InChI=1S/C18H22O2/c1-14(7-8-15-5-3-2-4-6-15)17(19)20-18-11-9-16(13-18)10-12-18/h2-7,16H,8-13H2,1H3. The molecule has 0 aliphatic heterocycles. The minimum absolute atomic E-state index is 0.121. The molecule has 1 aromatic rings. The molecule has 2 heteroatoms. The molecule has 1 aromatic carbocycles. The van der Waals surface area contributed by atoms with Crippen LogP contribution < -0.4 is 0 Å². The molecular formula is C18H22O2. The van der Waals surface area contributed by atoms with Gasteiger partial charge in [-0.25, -0.2) is 4.79 Å². The molecule has 0 unspecified atom stereocenters. The highest BCUT2D eigenvalue weighted by atomic mass is 16.6. The van der Waals surface area contributed by atoms with Gasteiger partial charge in [-0.3, -0.25) is 0 Å². The lowest BCUT2D eigenvalue weighted by atomic mass is 9.97. The van der Waals surface area contributed by atoms with Gasteiger partial charge in [-0.2, -0.15) is 0 Å². The molecule has 2 bridgehead atoms. The molecule has 0 amide bonds. The third-order valence-corrected chi connectivity index (χ3v) is 4.80. The predicted molar refractivity (Wildman–Crippen MR) is 79.3 cm³/mol. The lowest BCUT2D eigenvalue weighted by Crippen LogP contribution is -2.30. The van der Waals surface area contributed by atoms with E-state index in [2.05, 4.69) is 12.1 Å². The van der Waals surface area contributed by atoms with Crippen LogP contribution in [0.3, 0.4) is 0 Å². The lowest BCUT2D eigenvalue weighted by Gasteiger charge is -2.26. The molecule has 2 saturated carbocycles. The minimum Gasteiger partial charge on any atom is -0.456 e. The first-order valence-electron chi connectivity index (χ1n) is 7.61. The molecule has 2 aliphatic carbocycles. The summed E-state index contributed by atoms with van der Waals surface area (Å²) in [4.78, 5) is 12.2. The number of hydrogen-bond acceptors (Lipinski definition) is 2. The molecular weight excluding hydrogens is 248 g/mol. The Morgan fingerprint density at radius 1 is 1.30 bits per heavy atom. The number of esters is 1. The van der Waals surface area contributed by atoms with Gasteiger partial charge in [0.15, 0.2) is 0 Å². The van der Waals surface area contributed by atoms with Crippen LogP contribution >= 0.6 is 0 Å². The zero-order valence-corrected chi connectivity index (χ0v) is 12.1. The van der Waals surface area contributed by atoms with Crippen molar-refractivity contribution in [1.82, 2.24) is 0 Å².